The number of hydrogen-bond acceptors (Lipinski definition) is 4. The summed E-state index contributed by atoms with van der Waals surface area (Å²) in [4.78, 5) is 11.6. The summed E-state index contributed by atoms with van der Waals surface area (Å²) in [5.74, 6) is 0.366. The smallest absolute Gasteiger partial charge is 0.316 e. The molecule has 2 rings (SSSR count). The number of esters is 1. The van der Waals surface area contributed by atoms with Crippen LogP contribution in [0.4, 0.5) is 0 Å². The van der Waals surface area contributed by atoms with Crippen molar-refractivity contribution in [3.8, 4) is 11.5 Å². The molecule has 2 aromatic rings. The lowest BCUT2D eigenvalue weighted by Crippen LogP contribution is -2.42. The number of ether oxygens (including phenoxy) is 2. The number of nitrogens with two attached hydrogens (primary N) is 1. The van der Waals surface area contributed by atoms with Gasteiger partial charge in [0.1, 0.15) is 17.9 Å². The van der Waals surface area contributed by atoms with Gasteiger partial charge < -0.3 is 14.6 Å². The lowest BCUT2D eigenvalue weighted by atomic mass is 9.98. The molecule has 0 atom stereocenters. The molecule has 0 aliphatic carbocycles. The standard InChI is InChI=1S/C16H17NO4/c1-3-21-15(19)9-13(17)16-12-6-5-11(18)8-10(12)4-7-14(16)20-2/h4-8,17-18H,3,9H2,1-2H3/p+1. The molecule has 0 fully saturated rings. The molecule has 0 radical (unpaired) electrons. The molecule has 0 bridgehead atoms. The summed E-state index contributed by atoms with van der Waals surface area (Å²) < 4.78 is 10.2. The molecule has 0 aliphatic rings. The fourth-order valence-electron chi connectivity index (χ4n) is 2.25. The fraction of sp³-hybridized carbons (Fsp3) is 0.250. The number of carbonyl (C=O) groups excluding carboxylic acids is 1. The first-order valence-electron chi connectivity index (χ1n) is 6.63. The molecule has 0 amide bonds. The van der Waals surface area contributed by atoms with E-state index in [1.165, 1.54) is 0 Å². The molecule has 0 spiro atoms. The number of aromatic hydroxyl groups is 1. The molecule has 2 aromatic carbocycles. The largest absolute Gasteiger partial charge is 0.508 e. The highest BCUT2D eigenvalue weighted by Gasteiger charge is 2.21. The molecule has 0 heterocycles. The summed E-state index contributed by atoms with van der Waals surface area (Å²) in [7, 11) is 1.54. The first-order chi connectivity index (χ1) is 10.1. The molecule has 5 heteroatoms. The van der Waals surface area contributed by atoms with Crippen molar-refractivity contribution in [3.05, 3.63) is 35.9 Å². The Morgan fingerprint density at radius 1 is 1.29 bits per heavy atom. The van der Waals surface area contributed by atoms with Gasteiger partial charge in [-0.15, -0.1) is 0 Å². The van der Waals surface area contributed by atoms with Crippen molar-refractivity contribution in [3.63, 3.8) is 0 Å². The van der Waals surface area contributed by atoms with Gasteiger partial charge in [-0.05, 0) is 42.0 Å². The highest BCUT2D eigenvalue weighted by Crippen LogP contribution is 2.30. The van der Waals surface area contributed by atoms with E-state index < -0.39 is 0 Å². The van der Waals surface area contributed by atoms with E-state index in [0.29, 0.717) is 23.6 Å². The van der Waals surface area contributed by atoms with E-state index in [1.807, 2.05) is 6.07 Å². The van der Waals surface area contributed by atoms with Gasteiger partial charge in [0.2, 0.25) is 0 Å². The summed E-state index contributed by atoms with van der Waals surface area (Å²) >= 11 is 0. The highest BCUT2D eigenvalue weighted by atomic mass is 16.5. The topological polar surface area (TPSA) is 81.4 Å². The number of methoxy groups -OCH3 is 1. The number of hydrogen-bond donors (Lipinski definition) is 2. The van der Waals surface area contributed by atoms with Crippen LogP contribution in [0.25, 0.3) is 10.8 Å². The Morgan fingerprint density at radius 3 is 2.71 bits per heavy atom. The second-order valence-electron chi connectivity index (χ2n) is 4.56. The zero-order valence-electron chi connectivity index (χ0n) is 12.1. The molecular formula is C16H18NO4+. The van der Waals surface area contributed by atoms with Crippen molar-refractivity contribution < 1.29 is 24.8 Å². The van der Waals surface area contributed by atoms with E-state index in [4.69, 9.17) is 14.9 Å². The third kappa shape index (κ3) is 3.13. The number of benzene rings is 2. The summed E-state index contributed by atoms with van der Waals surface area (Å²) in [6.07, 6.45) is -0.00973. The fourth-order valence-corrected chi connectivity index (χ4v) is 2.25. The van der Waals surface area contributed by atoms with Gasteiger partial charge in [-0.25, -0.2) is 0 Å². The lowest BCUT2D eigenvalue weighted by molar-refractivity contribution is -0.144. The number of rotatable bonds is 5. The maximum Gasteiger partial charge on any atom is 0.316 e. The van der Waals surface area contributed by atoms with Crippen LogP contribution < -0.4 is 10.1 Å². The minimum atomic E-state index is -0.382. The maximum atomic E-state index is 11.6. The summed E-state index contributed by atoms with van der Waals surface area (Å²) in [6.45, 7) is 2.06. The molecule has 0 aliphatic heterocycles. The number of carbonyl (C=O) groups is 1. The van der Waals surface area contributed by atoms with E-state index in [1.54, 1.807) is 38.3 Å². The Bertz CT molecular complexity index is 694. The van der Waals surface area contributed by atoms with Gasteiger partial charge in [0.05, 0.1) is 19.3 Å². The SMILES string of the molecule is CCOC(=O)CC(=[NH2+])c1c(OC)ccc2cc(O)ccc12. The molecule has 5 nitrogen and oxygen atoms in total. The monoisotopic (exact) mass is 288 g/mol. The maximum absolute atomic E-state index is 11.6. The Morgan fingerprint density at radius 2 is 2.05 bits per heavy atom. The number of phenols is 1. The summed E-state index contributed by atoms with van der Waals surface area (Å²) in [6, 6.07) is 8.55. The highest BCUT2D eigenvalue weighted by molar-refractivity contribution is 6.15. The van der Waals surface area contributed by atoms with Crippen molar-refractivity contribution >= 4 is 22.5 Å². The van der Waals surface area contributed by atoms with Crippen molar-refractivity contribution in [2.45, 2.75) is 13.3 Å². The van der Waals surface area contributed by atoms with Gasteiger partial charge in [0.15, 0.2) is 5.71 Å². The quantitative estimate of drug-likeness (QED) is 0.636. The van der Waals surface area contributed by atoms with Gasteiger partial charge in [0, 0.05) is 0 Å². The summed E-state index contributed by atoms with van der Waals surface area (Å²) in [5.41, 5.74) is 1.03. The Balaban J connectivity index is 2.49. The van der Waals surface area contributed by atoms with Crippen molar-refractivity contribution in [1.82, 2.24) is 0 Å². The van der Waals surface area contributed by atoms with Crippen LogP contribution in [0.5, 0.6) is 11.5 Å². The van der Waals surface area contributed by atoms with E-state index in [-0.39, 0.29) is 18.1 Å². The molecule has 0 saturated carbocycles. The number of phenolic OH excluding ortho intramolecular Hbond substituents is 1. The van der Waals surface area contributed by atoms with Crippen LogP contribution in [0.1, 0.15) is 18.9 Å². The zero-order chi connectivity index (χ0) is 15.4. The van der Waals surface area contributed by atoms with Crippen LogP contribution in [-0.4, -0.2) is 30.5 Å². The van der Waals surface area contributed by atoms with Crippen LogP contribution in [0.15, 0.2) is 30.3 Å². The van der Waals surface area contributed by atoms with E-state index in [0.717, 1.165) is 10.8 Å². The molecule has 0 saturated heterocycles. The molecular weight excluding hydrogens is 270 g/mol. The Kier molecular flexibility index (Phi) is 4.42. The molecule has 110 valence electrons. The van der Waals surface area contributed by atoms with Gasteiger partial charge >= 0.3 is 5.97 Å². The van der Waals surface area contributed by atoms with E-state index in [2.05, 4.69) is 0 Å². The molecule has 3 N–H and O–H groups in total. The van der Waals surface area contributed by atoms with Crippen molar-refractivity contribution in [2.24, 2.45) is 0 Å². The van der Waals surface area contributed by atoms with Gasteiger partial charge in [-0.1, -0.05) is 6.07 Å². The Hall–Kier alpha value is -2.56. The third-order valence-electron chi connectivity index (χ3n) is 3.15. The van der Waals surface area contributed by atoms with Gasteiger partial charge in [0.25, 0.3) is 0 Å². The second kappa shape index (κ2) is 6.26. The predicted molar refractivity (Wildman–Crippen MR) is 79.4 cm³/mol. The minimum Gasteiger partial charge on any atom is -0.508 e. The van der Waals surface area contributed by atoms with Crippen LogP contribution in [0.2, 0.25) is 0 Å². The minimum absolute atomic E-state index is 0.00973. The van der Waals surface area contributed by atoms with Crippen molar-refractivity contribution in [2.75, 3.05) is 13.7 Å². The third-order valence-corrected chi connectivity index (χ3v) is 3.15. The number of fused-ring (bicyclic) bond motifs is 1. The van der Waals surface area contributed by atoms with Crippen LogP contribution in [0, 0.1) is 0 Å². The van der Waals surface area contributed by atoms with Crippen molar-refractivity contribution in [1.29, 1.82) is 0 Å². The van der Waals surface area contributed by atoms with Crippen LogP contribution in [-0.2, 0) is 9.53 Å². The average Bonchev–Trinajstić information content (AvgIpc) is 2.45. The molecule has 0 aromatic heterocycles. The summed E-state index contributed by atoms with van der Waals surface area (Å²) in [5, 5.41) is 17.3. The van der Waals surface area contributed by atoms with Gasteiger partial charge in [-0.3, -0.25) is 10.2 Å². The van der Waals surface area contributed by atoms with Crippen LogP contribution in [0.3, 0.4) is 0 Å². The molecule has 0 unspecified atom stereocenters. The Labute approximate surface area is 122 Å². The van der Waals surface area contributed by atoms with E-state index in [9.17, 15) is 9.90 Å². The predicted octanol–water partition coefficient (Wildman–Crippen LogP) is 1.06. The van der Waals surface area contributed by atoms with E-state index >= 15 is 0 Å². The first kappa shape index (κ1) is 14.8. The zero-order valence-corrected chi connectivity index (χ0v) is 12.1. The first-order valence-corrected chi connectivity index (χ1v) is 6.63. The average molecular weight is 288 g/mol. The normalized spacial score (nSPS) is 10.4. The lowest BCUT2D eigenvalue weighted by Gasteiger charge is -2.10. The second-order valence-corrected chi connectivity index (χ2v) is 4.56. The van der Waals surface area contributed by atoms with Crippen LogP contribution >= 0.6 is 0 Å². The van der Waals surface area contributed by atoms with Gasteiger partial charge in [-0.2, -0.15) is 0 Å². The molecule has 21 heavy (non-hydrogen) atoms.